The van der Waals surface area contributed by atoms with Crippen LogP contribution >= 0.6 is 11.6 Å². The van der Waals surface area contributed by atoms with Gasteiger partial charge in [-0.1, -0.05) is 41.9 Å². The van der Waals surface area contributed by atoms with E-state index in [9.17, 15) is 5.11 Å². The summed E-state index contributed by atoms with van der Waals surface area (Å²) in [6.45, 7) is 0. The van der Waals surface area contributed by atoms with E-state index in [2.05, 4.69) is 10.5 Å². The van der Waals surface area contributed by atoms with Gasteiger partial charge in [0.25, 0.3) is 0 Å². The van der Waals surface area contributed by atoms with Gasteiger partial charge in [0.1, 0.15) is 5.75 Å². The van der Waals surface area contributed by atoms with Crippen LogP contribution in [0.4, 0.5) is 0 Å². The topological polar surface area (TPSA) is 44.6 Å². The van der Waals surface area contributed by atoms with Crippen molar-refractivity contribution in [2.45, 2.75) is 12.5 Å². The van der Waals surface area contributed by atoms with Crippen molar-refractivity contribution >= 4 is 17.3 Å². The zero-order valence-corrected chi connectivity index (χ0v) is 10.9. The van der Waals surface area contributed by atoms with Crippen LogP contribution < -0.4 is 5.43 Å². The fraction of sp³-hybridized carbons (Fsp3) is 0.133. The van der Waals surface area contributed by atoms with Gasteiger partial charge in [0, 0.05) is 17.0 Å². The summed E-state index contributed by atoms with van der Waals surface area (Å²) in [5.41, 5.74) is 5.93. The van der Waals surface area contributed by atoms with Crippen LogP contribution in [0.5, 0.6) is 5.75 Å². The van der Waals surface area contributed by atoms with E-state index in [1.165, 1.54) is 0 Å². The van der Waals surface area contributed by atoms with Crippen molar-refractivity contribution in [3.63, 3.8) is 0 Å². The monoisotopic (exact) mass is 272 g/mol. The summed E-state index contributed by atoms with van der Waals surface area (Å²) in [7, 11) is 0. The van der Waals surface area contributed by atoms with Gasteiger partial charge in [-0.2, -0.15) is 5.10 Å². The van der Waals surface area contributed by atoms with Gasteiger partial charge in [0.05, 0.1) is 11.8 Å². The lowest BCUT2D eigenvalue weighted by atomic mass is 9.98. The van der Waals surface area contributed by atoms with E-state index in [1.807, 2.05) is 30.3 Å². The number of aromatic hydroxyl groups is 1. The molecule has 1 aliphatic rings. The van der Waals surface area contributed by atoms with E-state index < -0.39 is 0 Å². The van der Waals surface area contributed by atoms with Gasteiger partial charge in [0.15, 0.2) is 0 Å². The molecule has 1 atom stereocenters. The van der Waals surface area contributed by atoms with E-state index in [1.54, 1.807) is 18.2 Å². The van der Waals surface area contributed by atoms with Crippen molar-refractivity contribution < 1.29 is 5.11 Å². The lowest BCUT2D eigenvalue weighted by molar-refractivity contribution is 0.455. The first-order valence-corrected chi connectivity index (χ1v) is 6.48. The molecule has 1 aliphatic heterocycles. The Morgan fingerprint density at radius 2 is 1.95 bits per heavy atom. The second-order valence-electron chi connectivity index (χ2n) is 4.51. The summed E-state index contributed by atoms with van der Waals surface area (Å²) in [5, 5.41) is 14.9. The first-order valence-electron chi connectivity index (χ1n) is 6.10. The number of hydrogen-bond donors (Lipinski definition) is 2. The molecule has 0 aliphatic carbocycles. The average molecular weight is 273 g/mol. The quantitative estimate of drug-likeness (QED) is 0.879. The molecule has 4 heteroatoms. The molecular weight excluding hydrogens is 260 g/mol. The van der Waals surface area contributed by atoms with Crippen LogP contribution in [-0.4, -0.2) is 10.8 Å². The number of nitrogens with zero attached hydrogens (tertiary/aromatic N) is 1. The van der Waals surface area contributed by atoms with Gasteiger partial charge in [0.2, 0.25) is 0 Å². The van der Waals surface area contributed by atoms with Crippen molar-refractivity contribution in [2.75, 3.05) is 0 Å². The molecule has 0 unspecified atom stereocenters. The molecule has 2 N–H and O–H groups in total. The molecule has 2 aromatic rings. The van der Waals surface area contributed by atoms with Gasteiger partial charge in [-0.3, -0.25) is 0 Å². The van der Waals surface area contributed by atoms with Crippen molar-refractivity contribution in [3.05, 3.63) is 64.7 Å². The highest BCUT2D eigenvalue weighted by atomic mass is 35.5. The minimum absolute atomic E-state index is 0.0334. The SMILES string of the molecule is Oc1ccc(Cl)cc1[C@@H]1CC(c2ccccc2)=NN1. The Hall–Kier alpha value is -2.00. The predicted octanol–water partition coefficient (Wildman–Crippen LogP) is 3.48. The van der Waals surface area contributed by atoms with Gasteiger partial charge in [-0.05, 0) is 23.8 Å². The van der Waals surface area contributed by atoms with Crippen molar-refractivity contribution in [3.8, 4) is 5.75 Å². The maximum atomic E-state index is 9.90. The van der Waals surface area contributed by atoms with Gasteiger partial charge in [-0.15, -0.1) is 0 Å². The summed E-state index contributed by atoms with van der Waals surface area (Å²) in [6, 6.07) is 15.0. The third kappa shape index (κ3) is 2.42. The summed E-state index contributed by atoms with van der Waals surface area (Å²) in [6.07, 6.45) is 0.734. The summed E-state index contributed by atoms with van der Waals surface area (Å²) < 4.78 is 0. The van der Waals surface area contributed by atoms with Crippen LogP contribution in [0.1, 0.15) is 23.6 Å². The minimum Gasteiger partial charge on any atom is -0.508 e. The number of halogens is 1. The van der Waals surface area contributed by atoms with Crippen LogP contribution in [0.15, 0.2) is 53.6 Å². The van der Waals surface area contributed by atoms with E-state index in [4.69, 9.17) is 11.6 Å². The van der Waals surface area contributed by atoms with E-state index in [0.29, 0.717) is 5.02 Å². The van der Waals surface area contributed by atoms with Crippen molar-refractivity contribution in [1.82, 2.24) is 5.43 Å². The fourth-order valence-corrected chi connectivity index (χ4v) is 2.42. The molecule has 96 valence electrons. The van der Waals surface area contributed by atoms with Gasteiger partial charge >= 0.3 is 0 Å². The van der Waals surface area contributed by atoms with Crippen LogP contribution in [0, 0.1) is 0 Å². The minimum atomic E-state index is -0.0334. The zero-order valence-electron chi connectivity index (χ0n) is 10.2. The largest absolute Gasteiger partial charge is 0.508 e. The highest BCUT2D eigenvalue weighted by Gasteiger charge is 2.23. The number of hydrogen-bond acceptors (Lipinski definition) is 3. The third-order valence-electron chi connectivity index (χ3n) is 3.22. The maximum Gasteiger partial charge on any atom is 0.121 e. The molecule has 1 heterocycles. The number of phenolic OH excluding ortho intramolecular Hbond substituents is 1. The molecule has 2 aromatic carbocycles. The molecule has 19 heavy (non-hydrogen) atoms. The Morgan fingerprint density at radius 1 is 1.16 bits per heavy atom. The predicted molar refractivity (Wildman–Crippen MR) is 76.6 cm³/mol. The molecule has 0 saturated heterocycles. The molecule has 0 amide bonds. The fourth-order valence-electron chi connectivity index (χ4n) is 2.24. The Morgan fingerprint density at radius 3 is 2.74 bits per heavy atom. The zero-order chi connectivity index (χ0) is 13.2. The standard InChI is InChI=1S/C15H13ClN2O/c16-11-6-7-15(19)12(8-11)14-9-13(17-18-14)10-4-2-1-3-5-10/h1-8,14,18-19H,9H2/t14-/m0/s1. The first kappa shape index (κ1) is 12.1. The van der Waals surface area contributed by atoms with Crippen molar-refractivity contribution in [1.29, 1.82) is 0 Å². The average Bonchev–Trinajstić information content (AvgIpc) is 2.92. The highest BCUT2D eigenvalue weighted by Crippen LogP contribution is 2.32. The summed E-state index contributed by atoms with van der Waals surface area (Å²) in [5.74, 6) is 0.242. The van der Waals surface area contributed by atoms with Crippen LogP contribution in [0.2, 0.25) is 5.02 Å². The molecule has 0 bridgehead atoms. The number of hydrazone groups is 1. The van der Waals surface area contributed by atoms with Gasteiger partial charge in [-0.25, -0.2) is 0 Å². The van der Waals surface area contributed by atoms with E-state index >= 15 is 0 Å². The molecule has 0 aromatic heterocycles. The third-order valence-corrected chi connectivity index (χ3v) is 3.46. The smallest absolute Gasteiger partial charge is 0.121 e. The van der Waals surface area contributed by atoms with E-state index in [0.717, 1.165) is 23.3 Å². The Balaban J connectivity index is 1.83. The molecule has 0 fully saturated rings. The Bertz CT molecular complexity index is 625. The molecule has 0 radical (unpaired) electrons. The normalized spacial score (nSPS) is 17.9. The second kappa shape index (κ2) is 4.94. The van der Waals surface area contributed by atoms with Crippen LogP contribution in [0.3, 0.4) is 0 Å². The molecular formula is C15H13ClN2O. The highest BCUT2D eigenvalue weighted by molar-refractivity contribution is 6.30. The number of rotatable bonds is 2. The summed E-state index contributed by atoms with van der Waals surface area (Å²) >= 11 is 5.97. The first-order chi connectivity index (χ1) is 9.24. The van der Waals surface area contributed by atoms with Crippen LogP contribution in [0.25, 0.3) is 0 Å². The lowest BCUT2D eigenvalue weighted by Crippen LogP contribution is -2.10. The number of benzene rings is 2. The van der Waals surface area contributed by atoms with Crippen LogP contribution in [-0.2, 0) is 0 Å². The number of phenols is 1. The molecule has 3 nitrogen and oxygen atoms in total. The molecule has 0 saturated carbocycles. The van der Waals surface area contributed by atoms with Crippen molar-refractivity contribution in [2.24, 2.45) is 5.10 Å². The lowest BCUT2D eigenvalue weighted by Gasteiger charge is -2.12. The Kier molecular flexibility index (Phi) is 3.13. The molecule has 0 spiro atoms. The number of nitrogens with one attached hydrogen (secondary N) is 1. The maximum absolute atomic E-state index is 9.90. The second-order valence-corrected chi connectivity index (χ2v) is 4.95. The summed E-state index contributed by atoms with van der Waals surface area (Å²) in [4.78, 5) is 0. The van der Waals surface area contributed by atoms with Gasteiger partial charge < -0.3 is 10.5 Å². The van der Waals surface area contributed by atoms with E-state index in [-0.39, 0.29) is 11.8 Å². The Labute approximate surface area is 116 Å². The molecule has 3 rings (SSSR count).